The van der Waals surface area contributed by atoms with Gasteiger partial charge in [-0.1, -0.05) is 42.5 Å². The first kappa shape index (κ1) is 18.2. The highest BCUT2D eigenvalue weighted by Crippen LogP contribution is 2.19. The lowest BCUT2D eigenvalue weighted by molar-refractivity contribution is -0.123. The molecule has 0 aliphatic rings. The lowest BCUT2D eigenvalue weighted by atomic mass is 10.1. The summed E-state index contributed by atoms with van der Waals surface area (Å²) in [5, 5.41) is 2.91. The Labute approximate surface area is 145 Å². The SMILES string of the molecule is Cc1ccc(C)c(OCC(=O)N[C@@H](C[S@@](C)=O)c2ccccc2)c1. The summed E-state index contributed by atoms with van der Waals surface area (Å²) in [6.07, 6.45) is 1.63. The van der Waals surface area contributed by atoms with Crippen LogP contribution in [0.4, 0.5) is 0 Å². The van der Waals surface area contributed by atoms with E-state index in [2.05, 4.69) is 5.32 Å². The zero-order valence-electron chi connectivity index (χ0n) is 14.2. The fourth-order valence-corrected chi connectivity index (χ4v) is 3.13. The number of rotatable bonds is 7. The zero-order chi connectivity index (χ0) is 17.5. The third-order valence-corrected chi connectivity index (χ3v) is 4.44. The van der Waals surface area contributed by atoms with Crippen LogP contribution in [-0.4, -0.2) is 28.7 Å². The second-order valence-electron chi connectivity index (χ2n) is 5.83. The average Bonchev–Trinajstić information content (AvgIpc) is 2.55. The lowest BCUT2D eigenvalue weighted by Crippen LogP contribution is -2.35. The highest BCUT2D eigenvalue weighted by Gasteiger charge is 2.16. The van der Waals surface area contributed by atoms with Crippen molar-refractivity contribution < 1.29 is 13.7 Å². The van der Waals surface area contributed by atoms with Crippen molar-refractivity contribution in [1.29, 1.82) is 0 Å². The number of hydrogen-bond donors (Lipinski definition) is 1. The van der Waals surface area contributed by atoms with Gasteiger partial charge in [-0.2, -0.15) is 0 Å². The van der Waals surface area contributed by atoms with E-state index in [4.69, 9.17) is 4.74 Å². The number of benzene rings is 2. The van der Waals surface area contributed by atoms with Gasteiger partial charge < -0.3 is 10.1 Å². The molecule has 0 fully saturated rings. The molecule has 1 N–H and O–H groups in total. The van der Waals surface area contributed by atoms with Crippen LogP contribution in [0.2, 0.25) is 0 Å². The molecule has 0 heterocycles. The molecule has 0 spiro atoms. The molecule has 24 heavy (non-hydrogen) atoms. The standard InChI is InChI=1S/C19H23NO3S/c1-14-9-10-15(2)18(11-14)23-12-19(21)20-17(13-24(3)22)16-7-5-4-6-8-16/h4-11,17H,12-13H2,1-3H3,(H,20,21)/t17-,24+/m0/s1. The molecule has 4 nitrogen and oxygen atoms in total. The monoisotopic (exact) mass is 345 g/mol. The van der Waals surface area contributed by atoms with E-state index in [-0.39, 0.29) is 18.6 Å². The number of ether oxygens (including phenoxy) is 1. The van der Waals surface area contributed by atoms with Crippen LogP contribution in [0.3, 0.4) is 0 Å². The Balaban J connectivity index is 2.00. The van der Waals surface area contributed by atoms with E-state index in [0.29, 0.717) is 11.5 Å². The molecule has 0 saturated carbocycles. The number of nitrogens with one attached hydrogen (secondary N) is 1. The molecule has 0 aliphatic heterocycles. The fourth-order valence-electron chi connectivity index (χ4n) is 2.38. The summed E-state index contributed by atoms with van der Waals surface area (Å²) < 4.78 is 17.2. The van der Waals surface area contributed by atoms with Gasteiger partial charge in [-0.15, -0.1) is 0 Å². The number of hydrogen-bond acceptors (Lipinski definition) is 3. The molecule has 0 saturated heterocycles. The third-order valence-electron chi connectivity index (χ3n) is 3.64. The van der Waals surface area contributed by atoms with Crippen LogP contribution in [0.15, 0.2) is 48.5 Å². The minimum atomic E-state index is -1.01. The third kappa shape index (κ3) is 5.49. The van der Waals surface area contributed by atoms with Crippen LogP contribution in [0.1, 0.15) is 22.7 Å². The molecule has 0 radical (unpaired) electrons. The first-order chi connectivity index (χ1) is 11.5. The van der Waals surface area contributed by atoms with E-state index in [1.165, 1.54) is 0 Å². The highest BCUT2D eigenvalue weighted by molar-refractivity contribution is 7.84. The molecule has 2 atom stereocenters. The number of carbonyl (C=O) groups is 1. The van der Waals surface area contributed by atoms with Crippen molar-refractivity contribution in [2.24, 2.45) is 0 Å². The van der Waals surface area contributed by atoms with Crippen LogP contribution in [0, 0.1) is 13.8 Å². The minimum Gasteiger partial charge on any atom is -0.483 e. The van der Waals surface area contributed by atoms with E-state index >= 15 is 0 Å². The number of aryl methyl sites for hydroxylation is 2. The Morgan fingerprint density at radius 1 is 1.17 bits per heavy atom. The van der Waals surface area contributed by atoms with Crippen LogP contribution >= 0.6 is 0 Å². The summed E-state index contributed by atoms with van der Waals surface area (Å²) >= 11 is 0. The second-order valence-corrected chi connectivity index (χ2v) is 7.31. The minimum absolute atomic E-state index is 0.0655. The van der Waals surface area contributed by atoms with Gasteiger partial charge >= 0.3 is 0 Å². The Kier molecular flexibility index (Phi) is 6.55. The van der Waals surface area contributed by atoms with Gasteiger partial charge in [-0.05, 0) is 36.6 Å². The maximum absolute atomic E-state index is 12.2. The number of carbonyl (C=O) groups excluding carboxylic acids is 1. The van der Waals surface area contributed by atoms with Crippen molar-refractivity contribution in [1.82, 2.24) is 5.32 Å². The van der Waals surface area contributed by atoms with Crippen molar-refractivity contribution in [3.05, 3.63) is 65.2 Å². The highest BCUT2D eigenvalue weighted by atomic mass is 32.2. The predicted octanol–water partition coefficient (Wildman–Crippen LogP) is 2.92. The smallest absolute Gasteiger partial charge is 0.258 e. The number of amides is 1. The van der Waals surface area contributed by atoms with Crippen LogP contribution < -0.4 is 10.1 Å². The first-order valence-corrected chi connectivity index (χ1v) is 9.53. The fraction of sp³-hybridized carbons (Fsp3) is 0.316. The largest absolute Gasteiger partial charge is 0.483 e. The second kappa shape index (κ2) is 8.64. The van der Waals surface area contributed by atoms with Gasteiger partial charge in [-0.25, -0.2) is 0 Å². The lowest BCUT2D eigenvalue weighted by Gasteiger charge is -2.18. The van der Waals surface area contributed by atoms with Gasteiger partial charge in [-0.3, -0.25) is 9.00 Å². The van der Waals surface area contributed by atoms with Gasteiger partial charge in [0.2, 0.25) is 0 Å². The molecule has 1 amide bonds. The Hall–Kier alpha value is -2.14. The summed E-state index contributed by atoms with van der Waals surface area (Å²) in [6, 6.07) is 15.2. The average molecular weight is 345 g/mol. The van der Waals surface area contributed by atoms with E-state index in [1.807, 2.05) is 62.4 Å². The van der Waals surface area contributed by atoms with Crippen molar-refractivity contribution in [2.45, 2.75) is 19.9 Å². The van der Waals surface area contributed by atoms with E-state index in [0.717, 1.165) is 16.7 Å². The van der Waals surface area contributed by atoms with E-state index in [1.54, 1.807) is 6.26 Å². The topological polar surface area (TPSA) is 55.4 Å². The predicted molar refractivity (Wildman–Crippen MR) is 97.7 cm³/mol. The van der Waals surface area contributed by atoms with Crippen LogP contribution in [0.25, 0.3) is 0 Å². The van der Waals surface area contributed by atoms with Crippen molar-refractivity contribution >= 4 is 16.7 Å². The maximum atomic E-state index is 12.2. The molecule has 0 bridgehead atoms. The van der Waals surface area contributed by atoms with Crippen molar-refractivity contribution in [2.75, 3.05) is 18.6 Å². The Bertz CT molecular complexity index is 716. The molecule has 0 aromatic heterocycles. The van der Waals surface area contributed by atoms with E-state index in [9.17, 15) is 9.00 Å². The van der Waals surface area contributed by atoms with Gasteiger partial charge in [0.25, 0.3) is 5.91 Å². The van der Waals surface area contributed by atoms with Crippen LogP contribution in [0.5, 0.6) is 5.75 Å². The Morgan fingerprint density at radius 2 is 1.88 bits per heavy atom. The maximum Gasteiger partial charge on any atom is 0.258 e. The summed E-state index contributed by atoms with van der Waals surface area (Å²) in [5.41, 5.74) is 3.01. The molecule has 2 aromatic carbocycles. The summed E-state index contributed by atoms with van der Waals surface area (Å²) in [6.45, 7) is 3.86. The molecular weight excluding hydrogens is 322 g/mol. The molecule has 0 aliphatic carbocycles. The quantitative estimate of drug-likeness (QED) is 0.839. The molecule has 128 valence electrons. The first-order valence-electron chi connectivity index (χ1n) is 7.80. The summed E-state index contributed by atoms with van der Waals surface area (Å²) in [5.74, 6) is 0.856. The zero-order valence-corrected chi connectivity index (χ0v) is 15.1. The summed E-state index contributed by atoms with van der Waals surface area (Å²) in [4.78, 5) is 12.2. The molecular formula is C19H23NO3S. The van der Waals surface area contributed by atoms with Gasteiger partial charge in [0.05, 0.1) is 6.04 Å². The van der Waals surface area contributed by atoms with Gasteiger partial charge in [0, 0.05) is 22.8 Å². The normalized spacial score (nSPS) is 13.1. The van der Waals surface area contributed by atoms with Gasteiger partial charge in [0.1, 0.15) is 5.75 Å². The summed E-state index contributed by atoms with van der Waals surface area (Å²) in [7, 11) is -1.01. The van der Waals surface area contributed by atoms with E-state index < -0.39 is 10.8 Å². The molecule has 2 aromatic rings. The Morgan fingerprint density at radius 3 is 2.54 bits per heavy atom. The molecule has 2 rings (SSSR count). The van der Waals surface area contributed by atoms with Crippen LogP contribution in [-0.2, 0) is 15.6 Å². The van der Waals surface area contributed by atoms with Crippen molar-refractivity contribution in [3.8, 4) is 5.75 Å². The van der Waals surface area contributed by atoms with Crippen molar-refractivity contribution in [3.63, 3.8) is 0 Å². The molecule has 0 unspecified atom stereocenters. The molecule has 5 heteroatoms. The van der Waals surface area contributed by atoms with Gasteiger partial charge in [0.15, 0.2) is 6.61 Å².